The van der Waals surface area contributed by atoms with Crippen molar-refractivity contribution in [2.45, 2.75) is 25.1 Å². The summed E-state index contributed by atoms with van der Waals surface area (Å²) in [7, 11) is 0. The molecule has 0 spiro atoms. The molecular formula is C18H18ClF4N3O3. The van der Waals surface area contributed by atoms with Gasteiger partial charge in [-0.2, -0.15) is 13.2 Å². The van der Waals surface area contributed by atoms with Crippen molar-refractivity contribution in [2.75, 3.05) is 26.2 Å². The molecule has 1 aromatic heterocycles. The van der Waals surface area contributed by atoms with Gasteiger partial charge in [0.1, 0.15) is 11.7 Å². The lowest BCUT2D eigenvalue weighted by Gasteiger charge is -2.39. The van der Waals surface area contributed by atoms with Gasteiger partial charge < -0.3 is 19.5 Å². The molecule has 0 saturated carbocycles. The van der Waals surface area contributed by atoms with Crippen molar-refractivity contribution in [3.63, 3.8) is 0 Å². The lowest BCUT2D eigenvalue weighted by Crippen LogP contribution is -2.58. The minimum Gasteiger partial charge on any atom is -0.450 e. The first-order valence-electron chi connectivity index (χ1n) is 8.85. The van der Waals surface area contributed by atoms with Gasteiger partial charge in [0.15, 0.2) is 5.76 Å². The lowest BCUT2D eigenvalue weighted by atomic mass is 9.92. The third-order valence-electron chi connectivity index (χ3n) is 4.56. The molecule has 6 nitrogen and oxygen atoms in total. The zero-order chi connectivity index (χ0) is 21.2. The highest BCUT2D eigenvalue weighted by atomic mass is 35.5. The maximum atomic E-state index is 14.1. The largest absolute Gasteiger partial charge is 0.450 e. The Morgan fingerprint density at radius 1 is 1.45 bits per heavy atom. The Morgan fingerprint density at radius 3 is 2.90 bits per heavy atom. The zero-order valence-electron chi connectivity index (χ0n) is 15.3. The smallest absolute Gasteiger partial charge is 0.410 e. The highest BCUT2D eigenvalue weighted by Crippen LogP contribution is 2.41. The molecule has 1 N–H and O–H groups in total. The molecule has 1 aliphatic heterocycles. The van der Waals surface area contributed by atoms with Crippen molar-refractivity contribution < 1.29 is 31.6 Å². The summed E-state index contributed by atoms with van der Waals surface area (Å²) in [5.74, 6) is -3.06. The molecule has 3 rings (SSSR count). The number of ether oxygens (including phenoxy) is 1. The van der Waals surface area contributed by atoms with Gasteiger partial charge in [-0.3, -0.25) is 0 Å². The Balaban J connectivity index is 1.99. The summed E-state index contributed by atoms with van der Waals surface area (Å²) in [5, 5.41) is 6.58. The first kappa shape index (κ1) is 21.4. The van der Waals surface area contributed by atoms with E-state index in [-0.39, 0.29) is 36.0 Å². The molecule has 2 heterocycles. The molecule has 1 aromatic carbocycles. The minimum atomic E-state index is -4.74. The van der Waals surface area contributed by atoms with Crippen molar-refractivity contribution in [3.8, 4) is 11.3 Å². The normalized spacial score (nSPS) is 18.6. The standard InChI is InChI=1S/C18H18ClF4N3O3/c1-2-28-17(27)26-6-5-24-9-14(26)16(18(21,22)23)13-8-15(29-25-13)11-7-10(19)3-4-12(11)20/h3-4,7-8,14,16,24H,2,5-6,9H2,1H3. The number of amides is 1. The second-order valence-corrected chi connectivity index (χ2v) is 6.86. The van der Waals surface area contributed by atoms with Gasteiger partial charge in [0.2, 0.25) is 0 Å². The summed E-state index contributed by atoms with van der Waals surface area (Å²) in [5.41, 5.74) is -0.573. The number of nitrogens with one attached hydrogen (secondary N) is 1. The van der Waals surface area contributed by atoms with Crippen LogP contribution in [0.3, 0.4) is 0 Å². The van der Waals surface area contributed by atoms with Crippen molar-refractivity contribution in [2.24, 2.45) is 0 Å². The molecule has 2 unspecified atom stereocenters. The average Bonchev–Trinajstić information content (AvgIpc) is 3.12. The Kier molecular flexibility index (Phi) is 6.33. The Morgan fingerprint density at radius 2 is 2.21 bits per heavy atom. The molecule has 0 radical (unpaired) electrons. The first-order chi connectivity index (χ1) is 13.7. The number of hydrogen-bond donors (Lipinski definition) is 1. The van der Waals surface area contributed by atoms with Crippen molar-refractivity contribution in [3.05, 3.63) is 40.8 Å². The summed E-state index contributed by atoms with van der Waals surface area (Å²) in [6.07, 6.45) is -5.58. The number of carbonyl (C=O) groups excluding carboxylic acids is 1. The van der Waals surface area contributed by atoms with E-state index in [0.29, 0.717) is 6.54 Å². The number of halogens is 5. The van der Waals surface area contributed by atoms with Crippen LogP contribution in [0.2, 0.25) is 5.02 Å². The van der Waals surface area contributed by atoms with Gasteiger partial charge in [-0.05, 0) is 25.1 Å². The summed E-state index contributed by atoms with van der Waals surface area (Å²) in [4.78, 5) is 13.2. The second-order valence-electron chi connectivity index (χ2n) is 6.42. The van der Waals surface area contributed by atoms with Crippen molar-refractivity contribution in [1.82, 2.24) is 15.4 Å². The maximum absolute atomic E-state index is 14.1. The number of piperazine rings is 1. The van der Waals surface area contributed by atoms with Crippen LogP contribution >= 0.6 is 11.6 Å². The number of carbonyl (C=O) groups is 1. The predicted octanol–water partition coefficient (Wildman–Crippen LogP) is 4.21. The SMILES string of the molecule is CCOC(=O)N1CCNCC1C(c1cc(-c2cc(Cl)ccc2F)on1)C(F)(F)F. The molecule has 2 aromatic rings. The van der Waals surface area contributed by atoms with Crippen LogP contribution in [0.5, 0.6) is 0 Å². The molecule has 0 aliphatic carbocycles. The summed E-state index contributed by atoms with van der Waals surface area (Å²) < 4.78 is 65.9. The zero-order valence-corrected chi connectivity index (χ0v) is 16.1. The molecule has 11 heteroatoms. The van der Waals surface area contributed by atoms with Crippen LogP contribution in [-0.2, 0) is 4.74 Å². The van der Waals surface area contributed by atoms with E-state index in [4.69, 9.17) is 20.9 Å². The fraction of sp³-hybridized carbons (Fsp3) is 0.444. The Hall–Kier alpha value is -2.33. The van der Waals surface area contributed by atoms with Crippen LogP contribution in [0.25, 0.3) is 11.3 Å². The third-order valence-corrected chi connectivity index (χ3v) is 4.80. The molecule has 2 atom stereocenters. The molecule has 1 aliphatic rings. The van der Waals surface area contributed by atoms with Crippen molar-refractivity contribution in [1.29, 1.82) is 0 Å². The number of alkyl halides is 3. The van der Waals surface area contributed by atoms with Gasteiger partial charge in [0, 0.05) is 30.7 Å². The minimum absolute atomic E-state index is 0.0360. The van der Waals surface area contributed by atoms with Gasteiger partial charge in [-0.15, -0.1) is 0 Å². The molecule has 1 fully saturated rings. The highest BCUT2D eigenvalue weighted by molar-refractivity contribution is 6.30. The number of benzene rings is 1. The molecular weight excluding hydrogens is 418 g/mol. The fourth-order valence-electron chi connectivity index (χ4n) is 3.29. The van der Waals surface area contributed by atoms with E-state index in [9.17, 15) is 22.4 Å². The van der Waals surface area contributed by atoms with E-state index in [1.807, 2.05) is 0 Å². The van der Waals surface area contributed by atoms with E-state index in [0.717, 1.165) is 17.0 Å². The summed E-state index contributed by atoms with van der Waals surface area (Å²) in [6.45, 7) is 1.87. The highest BCUT2D eigenvalue weighted by Gasteiger charge is 2.51. The van der Waals surface area contributed by atoms with Gasteiger partial charge >= 0.3 is 12.3 Å². The first-order valence-corrected chi connectivity index (χ1v) is 9.23. The Bertz CT molecular complexity index is 874. The quantitative estimate of drug-likeness (QED) is 0.729. The Labute approximate surface area is 168 Å². The van der Waals surface area contributed by atoms with Crippen LogP contribution in [-0.4, -0.2) is 54.6 Å². The average molecular weight is 436 g/mol. The van der Waals surface area contributed by atoms with Gasteiger partial charge in [0.05, 0.1) is 23.9 Å². The van der Waals surface area contributed by atoms with E-state index >= 15 is 0 Å². The number of rotatable bonds is 4. The van der Waals surface area contributed by atoms with E-state index in [1.165, 1.54) is 12.1 Å². The molecule has 29 heavy (non-hydrogen) atoms. The molecule has 158 valence electrons. The van der Waals surface area contributed by atoms with Crippen LogP contribution in [0.1, 0.15) is 18.5 Å². The summed E-state index contributed by atoms with van der Waals surface area (Å²) in [6, 6.07) is 3.34. The van der Waals surface area contributed by atoms with Gasteiger partial charge in [-0.25, -0.2) is 9.18 Å². The molecule has 1 saturated heterocycles. The topological polar surface area (TPSA) is 67.6 Å². The number of nitrogens with zero attached hydrogens (tertiary/aromatic N) is 2. The maximum Gasteiger partial charge on any atom is 0.410 e. The van der Waals surface area contributed by atoms with Gasteiger partial charge in [0.25, 0.3) is 0 Å². The third kappa shape index (κ3) is 4.64. The van der Waals surface area contributed by atoms with Crippen LogP contribution in [0.4, 0.5) is 22.4 Å². The number of aromatic nitrogens is 1. The van der Waals surface area contributed by atoms with Crippen LogP contribution < -0.4 is 5.32 Å². The van der Waals surface area contributed by atoms with E-state index < -0.39 is 35.7 Å². The fourth-order valence-corrected chi connectivity index (χ4v) is 3.46. The second kappa shape index (κ2) is 8.58. The van der Waals surface area contributed by atoms with Gasteiger partial charge in [-0.1, -0.05) is 16.8 Å². The van der Waals surface area contributed by atoms with Crippen LogP contribution in [0, 0.1) is 5.82 Å². The monoisotopic (exact) mass is 435 g/mol. The lowest BCUT2D eigenvalue weighted by molar-refractivity contribution is -0.166. The molecule has 1 amide bonds. The van der Waals surface area contributed by atoms with E-state index in [2.05, 4.69) is 10.5 Å². The predicted molar refractivity (Wildman–Crippen MR) is 96.1 cm³/mol. The van der Waals surface area contributed by atoms with E-state index in [1.54, 1.807) is 6.92 Å². The van der Waals surface area contributed by atoms with Crippen molar-refractivity contribution >= 4 is 17.7 Å². The number of hydrogen-bond acceptors (Lipinski definition) is 5. The summed E-state index contributed by atoms with van der Waals surface area (Å²) >= 11 is 5.84. The van der Waals surface area contributed by atoms with Crippen LogP contribution in [0.15, 0.2) is 28.8 Å². The molecule has 0 bridgehead atoms.